The van der Waals surface area contributed by atoms with Gasteiger partial charge < -0.3 is 5.32 Å². The van der Waals surface area contributed by atoms with E-state index in [2.05, 4.69) is 44.3 Å². The van der Waals surface area contributed by atoms with E-state index in [1.165, 1.54) is 28.9 Å². The van der Waals surface area contributed by atoms with Crippen LogP contribution in [-0.2, 0) is 0 Å². The zero-order chi connectivity index (χ0) is 26.1. The van der Waals surface area contributed by atoms with Crippen molar-refractivity contribution in [3.63, 3.8) is 0 Å². The van der Waals surface area contributed by atoms with Gasteiger partial charge in [-0.1, -0.05) is 59.2 Å². The summed E-state index contributed by atoms with van der Waals surface area (Å²) in [5.41, 5.74) is 6.97. The molecule has 0 atom stereocenters. The van der Waals surface area contributed by atoms with Crippen LogP contribution in [0.4, 0.5) is 10.1 Å². The molecule has 4 heteroatoms. The molecular weight excluding hydrogens is 449 g/mol. The number of carbonyl (C=O) groups is 2. The van der Waals surface area contributed by atoms with Crippen LogP contribution in [0.15, 0.2) is 94.6 Å². The first-order chi connectivity index (χ1) is 17.3. The van der Waals surface area contributed by atoms with Gasteiger partial charge in [-0.05, 0) is 84.1 Å². The van der Waals surface area contributed by atoms with E-state index >= 15 is 0 Å². The highest BCUT2D eigenvalue weighted by molar-refractivity contribution is 6.26. The number of Topliss-reactive ketones (excluding diaryl/α,β-unsaturated/α-hetero) is 2. The molecule has 0 fully saturated rings. The van der Waals surface area contributed by atoms with Crippen molar-refractivity contribution in [1.29, 1.82) is 0 Å². The molecule has 2 aromatic rings. The fraction of sp³-hybridized carbons (Fsp3) is 0.312. The van der Waals surface area contributed by atoms with E-state index in [1.807, 2.05) is 0 Å². The van der Waals surface area contributed by atoms with E-state index in [0.29, 0.717) is 28.7 Å². The molecule has 0 amide bonds. The number of rotatable bonds is 11. The lowest BCUT2D eigenvalue weighted by molar-refractivity contribution is 0.0973. The van der Waals surface area contributed by atoms with Crippen LogP contribution in [0, 0.1) is 5.82 Å². The normalized spacial score (nSPS) is 14.9. The van der Waals surface area contributed by atoms with Crippen molar-refractivity contribution in [2.24, 2.45) is 0 Å². The molecular formula is C32H36FNO2. The highest BCUT2D eigenvalue weighted by Crippen LogP contribution is 2.28. The van der Waals surface area contributed by atoms with Gasteiger partial charge in [-0.15, -0.1) is 0 Å². The predicted molar refractivity (Wildman–Crippen MR) is 147 cm³/mol. The van der Waals surface area contributed by atoms with Crippen LogP contribution >= 0.6 is 0 Å². The summed E-state index contributed by atoms with van der Waals surface area (Å²) >= 11 is 0. The molecule has 0 bridgehead atoms. The van der Waals surface area contributed by atoms with E-state index in [9.17, 15) is 14.0 Å². The predicted octanol–water partition coefficient (Wildman–Crippen LogP) is 8.42. The Morgan fingerprint density at radius 2 is 1.33 bits per heavy atom. The Kier molecular flexibility index (Phi) is 9.75. The Balaban J connectivity index is 1.43. The first-order valence-corrected chi connectivity index (χ1v) is 12.6. The Bertz CT molecular complexity index is 1230. The van der Waals surface area contributed by atoms with Gasteiger partial charge in [0, 0.05) is 34.5 Å². The second kappa shape index (κ2) is 13.0. The van der Waals surface area contributed by atoms with Crippen LogP contribution in [0.5, 0.6) is 0 Å². The number of ketones is 2. The summed E-state index contributed by atoms with van der Waals surface area (Å²) in [6, 6.07) is 13.5. The Labute approximate surface area is 214 Å². The maximum Gasteiger partial charge on any atom is 0.190 e. The smallest absolute Gasteiger partial charge is 0.190 e. The monoisotopic (exact) mass is 485 g/mol. The van der Waals surface area contributed by atoms with E-state index in [0.717, 1.165) is 37.9 Å². The Morgan fingerprint density at radius 1 is 0.778 bits per heavy atom. The summed E-state index contributed by atoms with van der Waals surface area (Å²) in [6.45, 7) is 8.85. The van der Waals surface area contributed by atoms with Gasteiger partial charge in [0.25, 0.3) is 0 Å². The zero-order valence-electron chi connectivity index (χ0n) is 21.8. The number of hydrogen-bond acceptors (Lipinski definition) is 3. The van der Waals surface area contributed by atoms with E-state index < -0.39 is 0 Å². The summed E-state index contributed by atoms with van der Waals surface area (Å²) < 4.78 is 13.0. The van der Waals surface area contributed by atoms with Crippen molar-refractivity contribution in [2.75, 3.05) is 11.9 Å². The van der Waals surface area contributed by atoms with Crippen LogP contribution in [0.2, 0.25) is 0 Å². The Hall–Kier alpha value is -3.53. The summed E-state index contributed by atoms with van der Waals surface area (Å²) in [6.07, 6.45) is 11.0. The van der Waals surface area contributed by atoms with Crippen LogP contribution in [0.1, 0.15) is 80.5 Å². The summed E-state index contributed by atoms with van der Waals surface area (Å²) in [7, 11) is 0. The van der Waals surface area contributed by atoms with Crippen molar-refractivity contribution in [3.05, 3.63) is 112 Å². The van der Waals surface area contributed by atoms with Gasteiger partial charge in [0.1, 0.15) is 5.82 Å². The van der Waals surface area contributed by atoms with Gasteiger partial charge in [0.15, 0.2) is 11.6 Å². The molecule has 0 heterocycles. The van der Waals surface area contributed by atoms with E-state index in [-0.39, 0.29) is 17.4 Å². The maximum atomic E-state index is 13.0. The summed E-state index contributed by atoms with van der Waals surface area (Å²) in [4.78, 5) is 25.5. The SMILES string of the molecule is CC1=C(C/C=C(\C)CC/C=C(\C)CC/C=C(\C)CNc2ccc(F)cc2)C(=O)c2ccccc2C1=O. The van der Waals surface area contributed by atoms with Crippen molar-refractivity contribution >= 4 is 17.3 Å². The number of anilines is 1. The van der Waals surface area contributed by atoms with Gasteiger partial charge in [-0.3, -0.25) is 9.59 Å². The second-order valence-corrected chi connectivity index (χ2v) is 9.60. The Morgan fingerprint density at radius 3 is 1.97 bits per heavy atom. The highest BCUT2D eigenvalue weighted by Gasteiger charge is 2.28. The van der Waals surface area contributed by atoms with Crippen molar-refractivity contribution in [1.82, 2.24) is 0 Å². The lowest BCUT2D eigenvalue weighted by atomic mass is 9.83. The first kappa shape index (κ1) is 27.1. The third kappa shape index (κ3) is 7.48. The fourth-order valence-corrected chi connectivity index (χ4v) is 4.25. The van der Waals surface area contributed by atoms with Crippen molar-refractivity contribution < 1.29 is 14.0 Å². The van der Waals surface area contributed by atoms with Gasteiger partial charge in [0.2, 0.25) is 0 Å². The number of carbonyl (C=O) groups excluding carboxylic acids is 2. The number of benzene rings is 2. The fourth-order valence-electron chi connectivity index (χ4n) is 4.25. The van der Waals surface area contributed by atoms with Crippen molar-refractivity contribution in [2.45, 2.75) is 59.8 Å². The molecule has 0 saturated heterocycles. The minimum absolute atomic E-state index is 0.0290. The molecule has 2 aromatic carbocycles. The molecule has 3 nitrogen and oxygen atoms in total. The largest absolute Gasteiger partial charge is 0.381 e. The van der Waals surface area contributed by atoms with Crippen LogP contribution in [0.25, 0.3) is 0 Å². The average molecular weight is 486 g/mol. The molecule has 0 unspecified atom stereocenters. The molecule has 0 saturated carbocycles. The quantitative estimate of drug-likeness (QED) is 0.325. The minimum Gasteiger partial charge on any atom is -0.381 e. The molecule has 0 radical (unpaired) electrons. The summed E-state index contributed by atoms with van der Waals surface area (Å²) in [5.74, 6) is -0.297. The lowest BCUT2D eigenvalue weighted by Crippen LogP contribution is -2.20. The molecule has 3 rings (SSSR count). The molecule has 1 aliphatic rings. The second-order valence-electron chi connectivity index (χ2n) is 9.60. The third-order valence-corrected chi connectivity index (χ3v) is 6.62. The maximum absolute atomic E-state index is 13.0. The van der Waals surface area contributed by atoms with E-state index in [1.54, 1.807) is 43.3 Å². The molecule has 1 N–H and O–H groups in total. The molecule has 188 valence electrons. The number of nitrogens with one attached hydrogen (secondary N) is 1. The number of fused-ring (bicyclic) bond motifs is 1. The minimum atomic E-state index is -0.227. The van der Waals surface area contributed by atoms with E-state index in [4.69, 9.17) is 0 Å². The van der Waals surface area contributed by atoms with Gasteiger partial charge in [0.05, 0.1) is 0 Å². The molecule has 0 aliphatic heterocycles. The zero-order valence-corrected chi connectivity index (χ0v) is 21.8. The average Bonchev–Trinajstić information content (AvgIpc) is 2.87. The number of allylic oxidation sites excluding steroid dienone is 7. The van der Waals surface area contributed by atoms with Gasteiger partial charge >= 0.3 is 0 Å². The topological polar surface area (TPSA) is 46.2 Å². The molecule has 36 heavy (non-hydrogen) atoms. The summed E-state index contributed by atoms with van der Waals surface area (Å²) in [5, 5.41) is 3.31. The van der Waals surface area contributed by atoms with Crippen molar-refractivity contribution in [3.8, 4) is 0 Å². The third-order valence-electron chi connectivity index (χ3n) is 6.62. The number of halogens is 1. The molecule has 0 aromatic heterocycles. The van der Waals surface area contributed by atoms with Gasteiger partial charge in [-0.2, -0.15) is 0 Å². The number of hydrogen-bond donors (Lipinski definition) is 1. The lowest BCUT2D eigenvalue weighted by Gasteiger charge is -2.18. The van der Waals surface area contributed by atoms with Crippen LogP contribution in [0.3, 0.4) is 0 Å². The first-order valence-electron chi connectivity index (χ1n) is 12.6. The molecule has 0 spiro atoms. The van der Waals surface area contributed by atoms with Crippen LogP contribution in [-0.4, -0.2) is 18.1 Å². The van der Waals surface area contributed by atoms with Gasteiger partial charge in [-0.25, -0.2) is 4.39 Å². The standard InChI is InChI=1S/C32H36FNO2/c1-22(10-8-12-24(3)21-34-27-18-16-26(33)17-19-27)9-7-11-23(2)15-20-28-25(4)31(35)29-13-5-6-14-30(29)32(28)36/h5-6,9,12-19,34H,7-8,10-11,20-21H2,1-4H3/b22-9+,23-15+,24-12+. The van der Waals surface area contributed by atoms with Crippen LogP contribution < -0.4 is 5.32 Å². The molecule has 1 aliphatic carbocycles. The highest BCUT2D eigenvalue weighted by atomic mass is 19.1.